The van der Waals surface area contributed by atoms with E-state index in [0.717, 1.165) is 6.29 Å². The topological polar surface area (TPSA) is 156 Å². The molecule has 0 heterocycles. The SMILES string of the molecule is CC.CC.CNC(=O)CC[CH-]N.CP(O)(=S)OCCOCCOCCOCCOCCC=O.[O]=[W]. The molecule has 11 nitrogen and oxygen atoms in total. The zero-order chi connectivity index (χ0) is 28.2. The van der Waals surface area contributed by atoms with Crippen LogP contribution in [0.15, 0.2) is 0 Å². The monoisotopic (exact) mass is 719 g/mol. The second-order valence-corrected chi connectivity index (χ2v) is 9.39. The molecule has 0 aliphatic heterocycles. The Balaban J connectivity index is -0.000000178. The molecule has 0 saturated carbocycles. The van der Waals surface area contributed by atoms with Crippen LogP contribution in [0.25, 0.3) is 0 Å². The summed E-state index contributed by atoms with van der Waals surface area (Å²) in [6.07, 6.45) is 2.39. The van der Waals surface area contributed by atoms with Crippen molar-refractivity contribution in [1.82, 2.24) is 5.32 Å². The van der Waals surface area contributed by atoms with Gasteiger partial charge >= 0.3 is 23.2 Å². The molecule has 1 unspecified atom stereocenters. The van der Waals surface area contributed by atoms with Crippen LogP contribution in [-0.2, 0) is 68.0 Å². The van der Waals surface area contributed by atoms with Crippen molar-refractivity contribution in [3.8, 4) is 0 Å². The molecule has 0 aromatic carbocycles. The van der Waals surface area contributed by atoms with E-state index in [2.05, 4.69) is 5.32 Å². The molecular formula is C21H48N2O9PSW-. The number of rotatable bonds is 19. The van der Waals surface area contributed by atoms with Gasteiger partial charge in [0, 0.05) is 26.6 Å². The number of carbonyl (C=O) groups is 2. The fourth-order valence-electron chi connectivity index (χ4n) is 1.50. The van der Waals surface area contributed by atoms with Crippen molar-refractivity contribution >= 4 is 30.5 Å². The number of nitrogens with one attached hydrogen (secondary N) is 1. The third-order valence-corrected chi connectivity index (χ3v) is 3.85. The Morgan fingerprint density at radius 2 is 1.31 bits per heavy atom. The van der Waals surface area contributed by atoms with Crippen molar-refractivity contribution in [2.75, 3.05) is 73.2 Å². The van der Waals surface area contributed by atoms with Gasteiger partial charge < -0.3 is 44.2 Å². The first-order valence-corrected chi connectivity index (χ1v) is 15.8. The molecule has 4 N–H and O–H groups in total. The van der Waals surface area contributed by atoms with Gasteiger partial charge in [0.25, 0.3) is 0 Å². The first kappa shape index (κ1) is 45.0. The molecule has 0 fully saturated rings. The summed E-state index contributed by atoms with van der Waals surface area (Å²) in [5.74, 6) is 0.0340. The molecular weight excluding hydrogens is 671 g/mol. The molecule has 0 aliphatic rings. The Labute approximate surface area is 228 Å². The van der Waals surface area contributed by atoms with Crippen molar-refractivity contribution in [3.05, 3.63) is 6.54 Å². The van der Waals surface area contributed by atoms with Gasteiger partial charge in [-0.25, -0.2) is 0 Å². The summed E-state index contributed by atoms with van der Waals surface area (Å²) in [6.45, 7) is 12.4. The number of hydrogen-bond acceptors (Lipinski definition) is 10. The van der Waals surface area contributed by atoms with Gasteiger partial charge in [0.05, 0.1) is 59.5 Å². The Bertz CT molecular complexity index is 451. The van der Waals surface area contributed by atoms with Crippen molar-refractivity contribution in [2.45, 2.75) is 47.0 Å². The maximum atomic E-state index is 10.4. The molecule has 1 amide bonds. The van der Waals surface area contributed by atoms with Gasteiger partial charge in [0.1, 0.15) is 6.29 Å². The van der Waals surface area contributed by atoms with Crippen LogP contribution in [0, 0.1) is 6.54 Å². The molecule has 0 bridgehead atoms. The quantitative estimate of drug-likeness (QED) is 0.0779. The molecule has 14 heteroatoms. The van der Waals surface area contributed by atoms with Gasteiger partial charge in [0.15, 0.2) is 6.49 Å². The predicted octanol–water partition coefficient (Wildman–Crippen LogP) is 2.15. The number of hydrogen-bond donors (Lipinski definition) is 3. The molecule has 0 radical (unpaired) electrons. The molecule has 0 aromatic rings. The van der Waals surface area contributed by atoms with E-state index < -0.39 is 6.49 Å². The average molecular weight is 720 g/mol. The average Bonchev–Trinajstić information content (AvgIpc) is 2.88. The zero-order valence-corrected chi connectivity index (χ0v) is 26.8. The van der Waals surface area contributed by atoms with E-state index in [0.29, 0.717) is 91.9 Å². The van der Waals surface area contributed by atoms with Gasteiger partial charge in [-0.3, -0.25) is 11.3 Å². The number of carbonyl (C=O) groups excluding carboxylic acids is 2. The first-order chi connectivity index (χ1) is 16.9. The maximum absolute atomic E-state index is 10.4. The first-order valence-electron chi connectivity index (χ1n) is 11.5. The van der Waals surface area contributed by atoms with E-state index in [-0.39, 0.29) is 12.5 Å². The third kappa shape index (κ3) is 60.4. The van der Waals surface area contributed by atoms with E-state index >= 15 is 0 Å². The molecule has 0 aromatic heterocycles. The summed E-state index contributed by atoms with van der Waals surface area (Å²) < 4.78 is 34.2. The fraction of sp³-hybridized carbons (Fsp3) is 0.857. The predicted molar refractivity (Wildman–Crippen MR) is 138 cm³/mol. The minimum absolute atomic E-state index is 0.0340. The van der Waals surface area contributed by atoms with Crippen LogP contribution in [0.5, 0.6) is 0 Å². The van der Waals surface area contributed by atoms with Gasteiger partial charge in [-0.1, -0.05) is 27.7 Å². The van der Waals surface area contributed by atoms with Crippen LogP contribution >= 0.6 is 6.49 Å². The zero-order valence-electron chi connectivity index (χ0n) is 22.2. The van der Waals surface area contributed by atoms with Crippen molar-refractivity contribution in [3.63, 3.8) is 0 Å². The summed E-state index contributed by atoms with van der Waals surface area (Å²) in [5.41, 5.74) is 5.03. The van der Waals surface area contributed by atoms with E-state index in [1.54, 1.807) is 7.05 Å². The van der Waals surface area contributed by atoms with E-state index in [9.17, 15) is 14.5 Å². The van der Waals surface area contributed by atoms with E-state index in [4.69, 9.17) is 44.4 Å². The van der Waals surface area contributed by atoms with E-state index in [1.165, 1.54) is 13.2 Å². The van der Waals surface area contributed by atoms with Crippen molar-refractivity contribution in [1.29, 1.82) is 0 Å². The molecule has 0 rings (SSSR count). The third-order valence-electron chi connectivity index (χ3n) is 2.87. The van der Waals surface area contributed by atoms with E-state index in [1.807, 2.05) is 27.7 Å². The number of amides is 1. The Morgan fingerprint density at radius 1 is 0.943 bits per heavy atom. The normalized spacial score (nSPS) is 10.9. The molecule has 1 atom stereocenters. The Kier molecular flexibility index (Phi) is 56.5. The molecule has 0 aliphatic carbocycles. The molecule has 214 valence electrons. The van der Waals surface area contributed by atoms with Crippen LogP contribution in [0.3, 0.4) is 0 Å². The summed E-state index contributed by atoms with van der Waals surface area (Å²) in [6, 6.07) is 0. The van der Waals surface area contributed by atoms with Crippen LogP contribution in [0.2, 0.25) is 0 Å². The second kappa shape index (κ2) is 44.0. The number of ether oxygens (including phenoxy) is 4. The van der Waals surface area contributed by atoms with Crippen LogP contribution in [0.4, 0.5) is 0 Å². The van der Waals surface area contributed by atoms with Crippen LogP contribution in [0.1, 0.15) is 47.0 Å². The Hall–Kier alpha value is -0.00169. The van der Waals surface area contributed by atoms with Gasteiger partial charge in [0.2, 0.25) is 5.91 Å². The van der Waals surface area contributed by atoms with Crippen LogP contribution in [-0.4, -0.2) is 90.3 Å². The molecule has 0 saturated heterocycles. The second-order valence-electron chi connectivity index (χ2n) is 5.49. The Morgan fingerprint density at radius 3 is 1.63 bits per heavy atom. The van der Waals surface area contributed by atoms with Crippen molar-refractivity contribution < 1.29 is 61.1 Å². The molecule has 0 spiro atoms. The summed E-state index contributed by atoms with van der Waals surface area (Å²) in [7, 11) is 1.61. The number of nitrogens with two attached hydrogens (primary N) is 1. The van der Waals surface area contributed by atoms with Gasteiger partial charge in [-0.2, -0.15) is 6.42 Å². The molecule has 35 heavy (non-hydrogen) atoms. The summed E-state index contributed by atoms with van der Waals surface area (Å²) in [4.78, 5) is 29.6. The summed E-state index contributed by atoms with van der Waals surface area (Å²) >= 11 is 5.04. The summed E-state index contributed by atoms with van der Waals surface area (Å²) in [5, 5.41) is 2.49. The standard InChI is InChI=1S/C12H25O7PS.C5H11N2O.2C2H6.O.W/c1-20(14,21)19-12-11-18-10-9-17-8-7-16-6-5-15-4-2-3-13;1-7-5(8)3-2-4-6;2*1-2;;/h3H,2,4-12H2,1H3,(H,14,21);4H,2-3,6H2,1H3,(H,7,8);2*1-2H3;;/q;-1;;;;. The van der Waals surface area contributed by atoms with Crippen molar-refractivity contribution in [2.24, 2.45) is 5.73 Å². The fourth-order valence-corrected chi connectivity index (χ4v) is 2.14. The van der Waals surface area contributed by atoms with Gasteiger partial charge in [-0.05, 0) is 11.8 Å². The minimum atomic E-state index is -2.57. The van der Waals surface area contributed by atoms with Crippen LogP contribution < -0.4 is 11.1 Å². The van der Waals surface area contributed by atoms with Gasteiger partial charge in [-0.15, -0.1) is 0 Å². The number of aldehydes is 1.